The summed E-state index contributed by atoms with van der Waals surface area (Å²) in [5.74, 6) is 1.89. The normalized spacial score (nSPS) is 15.5. The van der Waals surface area contributed by atoms with Crippen LogP contribution >= 0.6 is 0 Å². The van der Waals surface area contributed by atoms with Gasteiger partial charge < -0.3 is 4.74 Å². The molecule has 168 valence electrons. The van der Waals surface area contributed by atoms with Gasteiger partial charge >= 0.3 is 5.97 Å². The smallest absolute Gasteiger partial charge is 0.310 e. The van der Waals surface area contributed by atoms with Gasteiger partial charge in [0.1, 0.15) is 5.75 Å². The second-order valence-corrected chi connectivity index (χ2v) is 8.89. The molecule has 0 saturated carbocycles. The Bertz CT molecular complexity index is 816. The van der Waals surface area contributed by atoms with Gasteiger partial charge in [-0.3, -0.25) is 4.79 Å². The molecule has 1 heterocycles. The van der Waals surface area contributed by atoms with E-state index in [9.17, 15) is 4.79 Å². The Hall–Kier alpha value is -2.23. The van der Waals surface area contributed by atoms with Crippen molar-refractivity contribution in [3.8, 4) is 17.1 Å². The Morgan fingerprint density at radius 2 is 1.71 bits per heavy atom. The van der Waals surface area contributed by atoms with E-state index in [1.54, 1.807) is 6.92 Å². The predicted molar refractivity (Wildman–Crippen MR) is 126 cm³/mol. The number of hydrogen-bond donors (Lipinski definition) is 0. The summed E-state index contributed by atoms with van der Waals surface area (Å²) < 4.78 is 5.25. The summed E-state index contributed by atoms with van der Waals surface area (Å²) in [5, 5.41) is 0. The third kappa shape index (κ3) is 7.45. The molecular formula is C27H38N2O2. The summed E-state index contributed by atoms with van der Waals surface area (Å²) >= 11 is 0. The minimum absolute atomic E-state index is 0.223. The lowest BCUT2D eigenvalue weighted by Gasteiger charge is -2.24. The molecule has 4 nitrogen and oxygen atoms in total. The van der Waals surface area contributed by atoms with E-state index >= 15 is 0 Å². The second-order valence-electron chi connectivity index (χ2n) is 8.89. The highest BCUT2D eigenvalue weighted by Gasteiger charge is 2.20. The Labute approximate surface area is 187 Å². The number of carbonyl (C=O) groups excluding carboxylic acids is 1. The second kappa shape index (κ2) is 12.6. The van der Waals surface area contributed by atoms with Gasteiger partial charge in [0.2, 0.25) is 0 Å². The van der Waals surface area contributed by atoms with E-state index in [2.05, 4.69) is 11.9 Å². The van der Waals surface area contributed by atoms with Crippen LogP contribution in [0, 0.1) is 5.92 Å². The molecule has 1 aliphatic carbocycles. The minimum Gasteiger partial charge on any atom is -0.427 e. The zero-order chi connectivity index (χ0) is 21.9. The van der Waals surface area contributed by atoms with Gasteiger partial charge in [-0.05, 0) is 55.0 Å². The third-order valence-electron chi connectivity index (χ3n) is 6.35. The highest BCUT2D eigenvalue weighted by Crippen LogP contribution is 2.29. The molecule has 1 unspecified atom stereocenters. The van der Waals surface area contributed by atoms with E-state index in [0.29, 0.717) is 12.2 Å². The first-order valence-electron chi connectivity index (χ1n) is 12.4. The van der Waals surface area contributed by atoms with Gasteiger partial charge in [0, 0.05) is 23.9 Å². The van der Waals surface area contributed by atoms with E-state index in [1.807, 2.05) is 30.5 Å². The average Bonchev–Trinajstić information content (AvgIpc) is 2.81. The van der Waals surface area contributed by atoms with Crippen molar-refractivity contribution < 1.29 is 9.53 Å². The predicted octanol–water partition coefficient (Wildman–Crippen LogP) is 7.09. The quantitative estimate of drug-likeness (QED) is 0.208. The summed E-state index contributed by atoms with van der Waals surface area (Å²) in [6.45, 7) is 4.07. The standard InChI is InChI=1S/C27H38N2O2/c1-3-5-6-7-8-9-10-11-12-21-13-18-25-23(19-21)20-28-27(29-25)22-14-16-24(17-15-22)31-26(30)4-2/h14-17,20-21H,3-13,18-19H2,1-2H3. The first-order valence-corrected chi connectivity index (χ1v) is 12.4. The van der Waals surface area contributed by atoms with Gasteiger partial charge in [-0.2, -0.15) is 0 Å². The lowest BCUT2D eigenvalue weighted by molar-refractivity contribution is -0.134. The number of unbranched alkanes of at least 4 members (excludes halogenated alkanes) is 7. The van der Waals surface area contributed by atoms with Gasteiger partial charge in [0.15, 0.2) is 5.82 Å². The lowest BCUT2D eigenvalue weighted by Crippen LogP contribution is -2.16. The highest BCUT2D eigenvalue weighted by atomic mass is 16.5. The van der Waals surface area contributed by atoms with E-state index in [-0.39, 0.29) is 5.97 Å². The summed E-state index contributed by atoms with van der Waals surface area (Å²) in [6.07, 6.45) is 18.3. The van der Waals surface area contributed by atoms with Crippen molar-refractivity contribution in [2.24, 2.45) is 5.92 Å². The molecule has 1 aromatic carbocycles. The highest BCUT2D eigenvalue weighted by molar-refractivity contribution is 5.72. The van der Waals surface area contributed by atoms with Crippen LogP contribution in [0.25, 0.3) is 11.4 Å². The van der Waals surface area contributed by atoms with Crippen LogP contribution in [0.1, 0.15) is 95.7 Å². The SMILES string of the molecule is CCCCCCCCCCC1CCc2nc(-c3ccc(OC(=O)CC)cc3)ncc2C1. The number of aryl methyl sites for hydroxylation is 1. The molecule has 0 fully saturated rings. The molecule has 0 N–H and O–H groups in total. The molecule has 4 heteroatoms. The molecule has 1 atom stereocenters. The van der Waals surface area contributed by atoms with Crippen molar-refractivity contribution in [1.82, 2.24) is 9.97 Å². The Morgan fingerprint density at radius 1 is 1.00 bits per heavy atom. The zero-order valence-electron chi connectivity index (χ0n) is 19.4. The summed E-state index contributed by atoms with van der Waals surface area (Å²) in [6, 6.07) is 7.47. The monoisotopic (exact) mass is 422 g/mol. The van der Waals surface area contributed by atoms with Crippen molar-refractivity contribution in [1.29, 1.82) is 0 Å². The van der Waals surface area contributed by atoms with Crippen LogP contribution in [0.2, 0.25) is 0 Å². The first-order chi connectivity index (χ1) is 15.2. The number of nitrogens with zero attached hydrogens (tertiary/aromatic N) is 2. The van der Waals surface area contributed by atoms with Gasteiger partial charge in [-0.1, -0.05) is 71.6 Å². The molecule has 2 aromatic rings. The number of carbonyl (C=O) groups is 1. The van der Waals surface area contributed by atoms with Crippen LogP contribution in [-0.4, -0.2) is 15.9 Å². The fraction of sp³-hybridized carbons (Fsp3) is 0.593. The zero-order valence-corrected chi connectivity index (χ0v) is 19.4. The maximum Gasteiger partial charge on any atom is 0.310 e. The summed E-state index contributed by atoms with van der Waals surface area (Å²) in [5.41, 5.74) is 3.49. The van der Waals surface area contributed by atoms with Crippen molar-refractivity contribution in [3.05, 3.63) is 41.7 Å². The van der Waals surface area contributed by atoms with Crippen LogP contribution in [0.3, 0.4) is 0 Å². The molecule has 31 heavy (non-hydrogen) atoms. The number of rotatable bonds is 12. The number of fused-ring (bicyclic) bond motifs is 1. The van der Waals surface area contributed by atoms with E-state index in [1.165, 1.54) is 75.5 Å². The van der Waals surface area contributed by atoms with E-state index in [4.69, 9.17) is 9.72 Å². The molecule has 0 bridgehead atoms. The van der Waals surface area contributed by atoms with Crippen LogP contribution in [0.5, 0.6) is 5.75 Å². The largest absolute Gasteiger partial charge is 0.427 e. The minimum atomic E-state index is -0.223. The molecule has 1 aliphatic rings. The third-order valence-corrected chi connectivity index (χ3v) is 6.35. The molecule has 0 saturated heterocycles. The maximum atomic E-state index is 11.4. The van der Waals surface area contributed by atoms with Gasteiger partial charge in [0.25, 0.3) is 0 Å². The molecule has 1 aromatic heterocycles. The molecule has 0 radical (unpaired) electrons. The summed E-state index contributed by atoms with van der Waals surface area (Å²) in [7, 11) is 0. The van der Waals surface area contributed by atoms with E-state index in [0.717, 1.165) is 30.1 Å². The average molecular weight is 423 g/mol. The van der Waals surface area contributed by atoms with E-state index < -0.39 is 0 Å². The number of hydrogen-bond acceptors (Lipinski definition) is 4. The van der Waals surface area contributed by atoms with Crippen molar-refractivity contribution >= 4 is 5.97 Å². The number of esters is 1. The Balaban J connectivity index is 1.45. The summed E-state index contributed by atoms with van der Waals surface area (Å²) in [4.78, 5) is 20.9. The molecule has 3 rings (SSSR count). The fourth-order valence-corrected chi connectivity index (χ4v) is 4.41. The number of benzene rings is 1. The number of aromatic nitrogens is 2. The topological polar surface area (TPSA) is 52.1 Å². The molecule has 0 amide bonds. The molecule has 0 spiro atoms. The Kier molecular flexibility index (Phi) is 9.51. The van der Waals surface area contributed by atoms with Crippen molar-refractivity contribution in [2.75, 3.05) is 0 Å². The van der Waals surface area contributed by atoms with Crippen LogP contribution < -0.4 is 4.74 Å². The van der Waals surface area contributed by atoms with Gasteiger partial charge in [-0.25, -0.2) is 9.97 Å². The van der Waals surface area contributed by atoms with Crippen molar-refractivity contribution in [3.63, 3.8) is 0 Å². The van der Waals surface area contributed by atoms with Crippen LogP contribution in [-0.2, 0) is 17.6 Å². The van der Waals surface area contributed by atoms with Crippen molar-refractivity contribution in [2.45, 2.75) is 97.3 Å². The molecule has 0 aliphatic heterocycles. The van der Waals surface area contributed by atoms with Crippen LogP contribution in [0.4, 0.5) is 0 Å². The van der Waals surface area contributed by atoms with Gasteiger partial charge in [-0.15, -0.1) is 0 Å². The number of ether oxygens (including phenoxy) is 1. The molecular weight excluding hydrogens is 384 g/mol. The first kappa shape index (κ1) is 23.4. The fourth-order valence-electron chi connectivity index (χ4n) is 4.41. The Morgan fingerprint density at radius 3 is 2.42 bits per heavy atom. The van der Waals surface area contributed by atoms with Gasteiger partial charge in [0.05, 0.1) is 0 Å². The lowest BCUT2D eigenvalue weighted by atomic mass is 9.84. The maximum absolute atomic E-state index is 11.4. The van der Waals surface area contributed by atoms with Crippen LogP contribution in [0.15, 0.2) is 30.5 Å².